The van der Waals surface area contributed by atoms with E-state index >= 15 is 0 Å². The molecule has 0 fully saturated rings. The maximum Gasteiger partial charge on any atom is 0.329 e. The number of aromatic amines is 1. The van der Waals surface area contributed by atoms with Crippen LogP contribution >= 0.6 is 0 Å². The summed E-state index contributed by atoms with van der Waals surface area (Å²) in [6.07, 6.45) is 5.41. The maximum atomic E-state index is 12.2. The highest BCUT2D eigenvalue weighted by Gasteiger charge is 2.16. The first-order chi connectivity index (χ1) is 10.2. The Morgan fingerprint density at radius 2 is 2.05 bits per heavy atom. The largest absolute Gasteiger partial charge is 0.329 e. The van der Waals surface area contributed by atoms with Gasteiger partial charge in [0.15, 0.2) is 11.3 Å². The summed E-state index contributed by atoms with van der Waals surface area (Å²) in [6.45, 7) is 3.90. The second kappa shape index (κ2) is 5.36. The molecule has 1 aromatic carbocycles. The summed E-state index contributed by atoms with van der Waals surface area (Å²) in [4.78, 5) is 23.8. The summed E-state index contributed by atoms with van der Waals surface area (Å²) in [5, 5.41) is 0. The van der Waals surface area contributed by atoms with Gasteiger partial charge in [0.1, 0.15) is 0 Å². The molecule has 0 radical (unpaired) electrons. The van der Waals surface area contributed by atoms with E-state index in [0.717, 1.165) is 11.3 Å². The molecule has 3 rings (SSSR count). The van der Waals surface area contributed by atoms with Gasteiger partial charge in [0, 0.05) is 0 Å². The lowest BCUT2D eigenvalue weighted by Crippen LogP contribution is -2.21. The fourth-order valence-electron chi connectivity index (χ4n) is 2.40. The van der Waals surface area contributed by atoms with E-state index in [9.17, 15) is 4.79 Å². The number of hydrogen-bond donors (Lipinski definition) is 1. The SMILES string of the molecule is C/C=C/c1cnc2[nH]c(=O)n([C@@H](C)c3ccccc3)c2n1. The zero-order valence-corrected chi connectivity index (χ0v) is 11.9. The van der Waals surface area contributed by atoms with Gasteiger partial charge >= 0.3 is 5.69 Å². The number of aromatic nitrogens is 4. The highest BCUT2D eigenvalue weighted by molar-refractivity contribution is 5.67. The Labute approximate surface area is 122 Å². The van der Waals surface area contributed by atoms with Gasteiger partial charge in [-0.05, 0) is 25.5 Å². The third-order valence-corrected chi connectivity index (χ3v) is 3.45. The molecule has 1 atom stereocenters. The summed E-state index contributed by atoms with van der Waals surface area (Å²) in [6, 6.07) is 9.77. The first kappa shape index (κ1) is 13.3. The van der Waals surface area contributed by atoms with Crippen LogP contribution in [0.3, 0.4) is 0 Å². The Hall–Kier alpha value is -2.69. The third kappa shape index (κ3) is 2.38. The second-order valence-electron chi connectivity index (χ2n) is 4.85. The van der Waals surface area contributed by atoms with E-state index in [1.165, 1.54) is 0 Å². The molecule has 106 valence electrons. The summed E-state index contributed by atoms with van der Waals surface area (Å²) in [5.74, 6) is 0. The molecular formula is C16H16N4O. The van der Waals surface area contributed by atoms with Crippen LogP contribution in [0.5, 0.6) is 0 Å². The van der Waals surface area contributed by atoms with Crippen molar-refractivity contribution in [1.82, 2.24) is 19.5 Å². The Morgan fingerprint density at radius 3 is 2.76 bits per heavy atom. The first-order valence-electron chi connectivity index (χ1n) is 6.85. The molecule has 0 aliphatic heterocycles. The van der Waals surface area contributed by atoms with Crippen LogP contribution in [-0.2, 0) is 0 Å². The van der Waals surface area contributed by atoms with E-state index < -0.39 is 0 Å². The van der Waals surface area contributed by atoms with Crippen molar-refractivity contribution in [2.24, 2.45) is 0 Å². The number of fused-ring (bicyclic) bond motifs is 1. The van der Waals surface area contributed by atoms with E-state index in [4.69, 9.17) is 0 Å². The second-order valence-corrected chi connectivity index (χ2v) is 4.85. The summed E-state index contributed by atoms with van der Waals surface area (Å²) >= 11 is 0. The van der Waals surface area contributed by atoms with Crippen LogP contribution < -0.4 is 5.69 Å². The van der Waals surface area contributed by atoms with Crippen LogP contribution in [-0.4, -0.2) is 19.5 Å². The molecule has 3 aromatic rings. The van der Waals surface area contributed by atoms with Gasteiger partial charge in [-0.2, -0.15) is 0 Å². The van der Waals surface area contributed by atoms with Crippen LogP contribution in [0.2, 0.25) is 0 Å². The van der Waals surface area contributed by atoms with Gasteiger partial charge in [0.05, 0.1) is 17.9 Å². The molecule has 21 heavy (non-hydrogen) atoms. The van der Waals surface area contributed by atoms with Crippen LogP contribution in [0.1, 0.15) is 31.1 Å². The normalized spacial score (nSPS) is 13.0. The molecule has 2 aromatic heterocycles. The van der Waals surface area contributed by atoms with Crippen LogP contribution in [0.25, 0.3) is 17.4 Å². The van der Waals surface area contributed by atoms with Gasteiger partial charge in [0.25, 0.3) is 0 Å². The van der Waals surface area contributed by atoms with E-state index in [0.29, 0.717) is 11.3 Å². The molecule has 0 bridgehead atoms. The van der Waals surface area contributed by atoms with Crippen molar-refractivity contribution < 1.29 is 0 Å². The molecule has 0 unspecified atom stereocenters. The number of imidazole rings is 1. The Kier molecular flexibility index (Phi) is 3.39. The summed E-state index contributed by atoms with van der Waals surface area (Å²) < 4.78 is 1.64. The molecule has 0 saturated carbocycles. The van der Waals surface area contributed by atoms with Crippen molar-refractivity contribution in [3.63, 3.8) is 0 Å². The molecule has 0 aliphatic rings. The molecule has 5 heteroatoms. The highest BCUT2D eigenvalue weighted by Crippen LogP contribution is 2.19. The minimum atomic E-state index is -0.195. The number of benzene rings is 1. The van der Waals surface area contributed by atoms with E-state index in [1.54, 1.807) is 10.8 Å². The topological polar surface area (TPSA) is 63.6 Å². The number of rotatable bonds is 3. The van der Waals surface area contributed by atoms with Gasteiger partial charge < -0.3 is 0 Å². The van der Waals surface area contributed by atoms with Crippen molar-refractivity contribution in [3.8, 4) is 0 Å². The van der Waals surface area contributed by atoms with Crippen LogP contribution in [0, 0.1) is 0 Å². The van der Waals surface area contributed by atoms with Crippen molar-refractivity contribution >= 4 is 17.4 Å². The average molecular weight is 280 g/mol. The van der Waals surface area contributed by atoms with Gasteiger partial charge in [-0.25, -0.2) is 14.8 Å². The van der Waals surface area contributed by atoms with Crippen LogP contribution in [0.4, 0.5) is 0 Å². The van der Waals surface area contributed by atoms with Gasteiger partial charge in [0.2, 0.25) is 0 Å². The van der Waals surface area contributed by atoms with E-state index in [2.05, 4.69) is 15.0 Å². The summed E-state index contributed by atoms with van der Waals surface area (Å²) in [7, 11) is 0. The van der Waals surface area contributed by atoms with Gasteiger partial charge in [-0.1, -0.05) is 36.4 Å². The zero-order valence-electron chi connectivity index (χ0n) is 11.9. The molecule has 0 spiro atoms. The molecule has 1 N–H and O–H groups in total. The maximum absolute atomic E-state index is 12.2. The van der Waals surface area contributed by atoms with Gasteiger partial charge in [-0.3, -0.25) is 9.55 Å². The Morgan fingerprint density at radius 1 is 1.29 bits per heavy atom. The fourth-order valence-corrected chi connectivity index (χ4v) is 2.40. The van der Waals surface area contributed by atoms with E-state index in [1.807, 2.05) is 56.3 Å². The zero-order chi connectivity index (χ0) is 14.8. The minimum absolute atomic E-state index is 0.109. The average Bonchev–Trinajstić information content (AvgIpc) is 2.83. The quantitative estimate of drug-likeness (QED) is 0.802. The molecule has 0 aliphatic carbocycles. The molecule has 0 amide bonds. The number of nitrogens with one attached hydrogen (secondary N) is 1. The van der Waals surface area contributed by atoms with Crippen molar-refractivity contribution in [2.45, 2.75) is 19.9 Å². The summed E-state index contributed by atoms with van der Waals surface area (Å²) in [5.41, 5.74) is 2.68. The molecule has 0 saturated heterocycles. The monoisotopic (exact) mass is 280 g/mol. The van der Waals surface area contributed by atoms with E-state index in [-0.39, 0.29) is 11.7 Å². The third-order valence-electron chi connectivity index (χ3n) is 3.45. The fraction of sp³-hybridized carbons (Fsp3) is 0.188. The Balaban J connectivity index is 2.19. The van der Waals surface area contributed by atoms with Crippen molar-refractivity contribution in [2.75, 3.05) is 0 Å². The van der Waals surface area contributed by atoms with Crippen LogP contribution in [0.15, 0.2) is 47.4 Å². The lowest BCUT2D eigenvalue weighted by atomic mass is 10.1. The van der Waals surface area contributed by atoms with Crippen molar-refractivity contribution in [1.29, 1.82) is 0 Å². The minimum Gasteiger partial charge on any atom is -0.289 e. The molecular weight excluding hydrogens is 264 g/mol. The molecule has 5 nitrogen and oxygen atoms in total. The number of nitrogens with zero attached hydrogens (tertiary/aromatic N) is 3. The Bertz CT molecular complexity index is 846. The number of allylic oxidation sites excluding steroid dienone is 1. The number of H-pyrrole nitrogens is 1. The smallest absolute Gasteiger partial charge is 0.289 e. The predicted octanol–water partition coefficient (Wildman–Crippen LogP) is 2.76. The van der Waals surface area contributed by atoms with Gasteiger partial charge in [-0.15, -0.1) is 0 Å². The lowest BCUT2D eigenvalue weighted by molar-refractivity contribution is 0.630. The molecule has 2 heterocycles. The highest BCUT2D eigenvalue weighted by atomic mass is 16.1. The first-order valence-corrected chi connectivity index (χ1v) is 6.85. The van der Waals surface area contributed by atoms with Crippen molar-refractivity contribution in [3.05, 3.63) is 64.3 Å². The number of hydrogen-bond acceptors (Lipinski definition) is 3. The standard InChI is InChI=1S/C16H16N4O/c1-3-7-13-10-17-14-15(18-13)20(16(21)19-14)11(2)12-8-5-4-6-9-12/h3-11H,1-2H3,(H,17,19,21)/b7-3+/t11-/m0/s1. The lowest BCUT2D eigenvalue weighted by Gasteiger charge is -2.13. The predicted molar refractivity (Wildman–Crippen MR) is 83.1 cm³/mol.